The van der Waals surface area contributed by atoms with Crippen molar-refractivity contribution in [2.45, 2.75) is 52.6 Å². The zero-order chi connectivity index (χ0) is 15.4. The molecule has 0 bridgehead atoms. The van der Waals surface area contributed by atoms with Gasteiger partial charge in [-0.3, -0.25) is 4.00 Å². The van der Waals surface area contributed by atoms with Crippen LogP contribution >= 0.6 is 8.30 Å². The van der Waals surface area contributed by atoms with Gasteiger partial charge >= 0.3 is 0 Å². The van der Waals surface area contributed by atoms with Gasteiger partial charge < -0.3 is 4.52 Å². The smallest absolute Gasteiger partial charge is 0.150 e. The van der Waals surface area contributed by atoms with E-state index in [1.54, 1.807) is 0 Å². The summed E-state index contributed by atoms with van der Waals surface area (Å²) in [6.07, 6.45) is 2.35. The van der Waals surface area contributed by atoms with Crippen LogP contribution < -0.4 is 4.52 Å². The lowest BCUT2D eigenvalue weighted by atomic mass is 10.3. The van der Waals surface area contributed by atoms with Crippen LogP contribution in [-0.2, 0) is 0 Å². The molecule has 0 aliphatic rings. The van der Waals surface area contributed by atoms with E-state index in [2.05, 4.69) is 74.5 Å². The van der Waals surface area contributed by atoms with Crippen molar-refractivity contribution < 1.29 is 4.52 Å². The predicted molar refractivity (Wildman–Crippen MR) is 97.7 cm³/mol. The van der Waals surface area contributed by atoms with Crippen LogP contribution in [0.15, 0.2) is 30.3 Å². The van der Waals surface area contributed by atoms with E-state index in [1.807, 2.05) is 6.07 Å². The van der Waals surface area contributed by atoms with E-state index in [-0.39, 0.29) is 0 Å². The minimum absolute atomic E-state index is 0.520. The van der Waals surface area contributed by atoms with E-state index >= 15 is 0 Å². The highest BCUT2D eigenvalue weighted by molar-refractivity contribution is 7.55. The minimum atomic E-state index is -1.38. The molecule has 2 nitrogen and oxygen atoms in total. The molecule has 114 valence electrons. The van der Waals surface area contributed by atoms with E-state index < -0.39 is 24.8 Å². The fourth-order valence-corrected chi connectivity index (χ4v) is 18.0. The molecule has 0 radical (unpaired) electrons. The van der Waals surface area contributed by atoms with E-state index in [0.717, 1.165) is 5.75 Å². The summed E-state index contributed by atoms with van der Waals surface area (Å²) in [6, 6.07) is 10.3. The van der Waals surface area contributed by atoms with Crippen molar-refractivity contribution in [1.82, 2.24) is 4.00 Å². The number of rotatable bonds is 7. The molecule has 1 atom stereocenters. The average molecular weight is 328 g/mol. The Bertz CT molecular complexity index is 387. The van der Waals surface area contributed by atoms with Gasteiger partial charge in [-0.15, -0.1) is 0 Å². The molecule has 0 saturated heterocycles. The maximum atomic E-state index is 6.43. The Morgan fingerprint density at radius 3 is 1.85 bits per heavy atom. The SMILES string of the molecule is CCCP(Oc1ccccc1)N([Si](C)(C)C)[Si](C)(C)C. The third kappa shape index (κ3) is 5.32. The summed E-state index contributed by atoms with van der Waals surface area (Å²) < 4.78 is 9.26. The first-order valence-electron chi connectivity index (χ1n) is 7.47. The number of hydrogen-bond acceptors (Lipinski definition) is 2. The first-order chi connectivity index (χ1) is 9.16. The Hall–Kier alpha value is -0.156. The second-order valence-electron chi connectivity index (χ2n) is 7.13. The van der Waals surface area contributed by atoms with Crippen molar-refractivity contribution in [3.63, 3.8) is 0 Å². The third-order valence-corrected chi connectivity index (χ3v) is 16.1. The van der Waals surface area contributed by atoms with E-state index in [4.69, 9.17) is 4.52 Å². The molecule has 0 N–H and O–H groups in total. The molecule has 0 saturated carbocycles. The van der Waals surface area contributed by atoms with Gasteiger partial charge in [0.15, 0.2) is 8.30 Å². The number of nitrogens with zero attached hydrogens (tertiary/aromatic N) is 1. The topological polar surface area (TPSA) is 12.5 Å². The van der Waals surface area contributed by atoms with Crippen LogP contribution in [0.25, 0.3) is 0 Å². The van der Waals surface area contributed by atoms with Gasteiger partial charge in [0, 0.05) is 6.16 Å². The molecule has 1 aromatic rings. The Balaban J connectivity index is 3.03. The largest absolute Gasteiger partial charge is 0.459 e. The second kappa shape index (κ2) is 7.21. The molecule has 5 heteroatoms. The van der Waals surface area contributed by atoms with Crippen LogP contribution in [-0.4, -0.2) is 26.6 Å². The van der Waals surface area contributed by atoms with Crippen LogP contribution in [0.4, 0.5) is 0 Å². The zero-order valence-electron chi connectivity index (χ0n) is 14.1. The highest BCUT2D eigenvalue weighted by atomic mass is 31.2. The van der Waals surface area contributed by atoms with Crippen LogP contribution in [0.3, 0.4) is 0 Å². The van der Waals surface area contributed by atoms with E-state index in [1.165, 1.54) is 12.6 Å². The monoisotopic (exact) mass is 327 g/mol. The Kier molecular flexibility index (Phi) is 6.45. The van der Waals surface area contributed by atoms with Crippen LogP contribution in [0.5, 0.6) is 5.75 Å². The molecule has 0 spiro atoms. The summed E-state index contributed by atoms with van der Waals surface area (Å²) in [4.78, 5) is 0. The van der Waals surface area contributed by atoms with Gasteiger partial charge in [-0.1, -0.05) is 64.4 Å². The summed E-state index contributed by atoms with van der Waals surface area (Å²) in [5.41, 5.74) is 0. The lowest BCUT2D eigenvalue weighted by molar-refractivity contribution is 0.583. The van der Waals surface area contributed by atoms with Crippen molar-refractivity contribution in [2.75, 3.05) is 6.16 Å². The molecule has 0 aliphatic heterocycles. The van der Waals surface area contributed by atoms with Gasteiger partial charge in [0.1, 0.15) is 22.2 Å². The van der Waals surface area contributed by atoms with Crippen molar-refractivity contribution >= 4 is 24.8 Å². The third-order valence-electron chi connectivity index (χ3n) is 2.86. The number of hydrogen-bond donors (Lipinski definition) is 0. The summed E-state index contributed by atoms with van der Waals surface area (Å²) in [6.45, 7) is 17.0. The summed E-state index contributed by atoms with van der Waals surface area (Å²) >= 11 is 0. The fourth-order valence-electron chi connectivity index (χ4n) is 2.66. The standard InChI is InChI=1S/C15H30NOPSi2/c1-8-14-18(17-15-12-10-9-11-13-15)16(19(2,3)4)20(5,6)7/h9-13H,8,14H2,1-7H3. The molecule has 1 aromatic carbocycles. The quantitative estimate of drug-likeness (QED) is 0.466. The highest BCUT2D eigenvalue weighted by Gasteiger charge is 2.40. The molecule has 0 amide bonds. The lowest BCUT2D eigenvalue weighted by Crippen LogP contribution is -2.56. The normalized spacial score (nSPS) is 14.4. The van der Waals surface area contributed by atoms with Crippen molar-refractivity contribution in [2.24, 2.45) is 0 Å². The Labute approximate surface area is 128 Å². The van der Waals surface area contributed by atoms with Gasteiger partial charge in [0.25, 0.3) is 0 Å². The Morgan fingerprint density at radius 2 is 1.45 bits per heavy atom. The van der Waals surface area contributed by atoms with Gasteiger partial charge in [0.05, 0.1) is 0 Å². The number of para-hydroxylation sites is 1. The van der Waals surface area contributed by atoms with Gasteiger partial charge in [-0.25, -0.2) is 0 Å². The summed E-state index contributed by atoms with van der Waals surface area (Å²) in [5, 5.41) is 0. The summed E-state index contributed by atoms with van der Waals surface area (Å²) in [7, 11) is -3.27. The minimum Gasteiger partial charge on any atom is -0.459 e. The molecule has 20 heavy (non-hydrogen) atoms. The second-order valence-corrected chi connectivity index (χ2v) is 19.6. The van der Waals surface area contributed by atoms with Gasteiger partial charge in [-0.05, 0) is 18.6 Å². The predicted octanol–water partition coefficient (Wildman–Crippen LogP) is 5.76. The molecule has 0 heterocycles. The maximum absolute atomic E-state index is 6.43. The Morgan fingerprint density at radius 1 is 0.950 bits per heavy atom. The zero-order valence-corrected chi connectivity index (χ0v) is 17.0. The molecular formula is C15H30NOPSi2. The van der Waals surface area contributed by atoms with Crippen LogP contribution in [0.1, 0.15) is 13.3 Å². The molecule has 0 aromatic heterocycles. The van der Waals surface area contributed by atoms with Gasteiger partial charge in [0.2, 0.25) is 0 Å². The first-order valence-corrected chi connectivity index (χ1v) is 15.8. The molecule has 0 fully saturated rings. The van der Waals surface area contributed by atoms with Crippen molar-refractivity contribution in [3.8, 4) is 5.75 Å². The molecule has 0 aliphatic carbocycles. The molecule has 1 unspecified atom stereocenters. The first kappa shape index (κ1) is 17.9. The van der Waals surface area contributed by atoms with Crippen molar-refractivity contribution in [1.29, 1.82) is 0 Å². The van der Waals surface area contributed by atoms with E-state index in [0.29, 0.717) is 0 Å². The molecule has 1 rings (SSSR count). The highest BCUT2D eigenvalue weighted by Crippen LogP contribution is 2.49. The lowest BCUT2D eigenvalue weighted by Gasteiger charge is -2.47. The average Bonchev–Trinajstić information content (AvgIpc) is 2.26. The summed E-state index contributed by atoms with van der Waals surface area (Å²) in [5.74, 6) is 1.02. The maximum Gasteiger partial charge on any atom is 0.150 e. The number of benzene rings is 1. The fraction of sp³-hybridized carbons (Fsp3) is 0.600. The van der Waals surface area contributed by atoms with Gasteiger partial charge in [-0.2, -0.15) is 0 Å². The van der Waals surface area contributed by atoms with Crippen LogP contribution in [0, 0.1) is 0 Å². The van der Waals surface area contributed by atoms with Crippen molar-refractivity contribution in [3.05, 3.63) is 30.3 Å². The van der Waals surface area contributed by atoms with E-state index in [9.17, 15) is 0 Å². The molecular weight excluding hydrogens is 297 g/mol. The van der Waals surface area contributed by atoms with Crippen LogP contribution in [0.2, 0.25) is 39.3 Å².